The summed E-state index contributed by atoms with van der Waals surface area (Å²) < 4.78 is 24.4. The maximum atomic E-state index is 12.6. The molecule has 10 heteroatoms. The number of benzene rings is 2. The Morgan fingerprint density at radius 2 is 1.95 bits per heavy atom. The molecule has 6 rings (SSSR count). The second-order valence-corrected chi connectivity index (χ2v) is 10.0. The minimum absolute atomic E-state index is 0.169. The molecule has 0 spiro atoms. The van der Waals surface area contributed by atoms with Crippen molar-refractivity contribution in [2.45, 2.75) is 38.6 Å². The number of ether oxygens (including phenoxy) is 4. The van der Waals surface area contributed by atoms with Gasteiger partial charge in [0, 0.05) is 35.8 Å². The number of hydrogen-bond donors (Lipinski definition) is 1. The maximum absolute atomic E-state index is 12.6. The molecule has 41 heavy (non-hydrogen) atoms. The zero-order chi connectivity index (χ0) is 28.3. The molecule has 1 amide bonds. The molecule has 0 saturated heterocycles. The summed E-state index contributed by atoms with van der Waals surface area (Å²) in [6.45, 7) is 3.16. The summed E-state index contributed by atoms with van der Waals surface area (Å²) in [5.74, 6) is 2.31. The number of pyridine rings is 1. The van der Waals surface area contributed by atoms with E-state index in [1.165, 1.54) is 4.90 Å². The van der Waals surface area contributed by atoms with Crippen LogP contribution in [0.3, 0.4) is 0 Å². The van der Waals surface area contributed by atoms with Crippen molar-refractivity contribution in [3.05, 3.63) is 77.6 Å². The lowest BCUT2D eigenvalue weighted by Crippen LogP contribution is -2.35. The predicted octanol–water partition coefficient (Wildman–Crippen LogP) is 5.36. The molecule has 2 aromatic carbocycles. The van der Waals surface area contributed by atoms with Crippen LogP contribution < -0.4 is 19.1 Å². The Morgan fingerprint density at radius 1 is 1.07 bits per heavy atom. The molecule has 2 aliphatic rings. The Kier molecular flexibility index (Phi) is 7.37. The van der Waals surface area contributed by atoms with Crippen molar-refractivity contribution < 1.29 is 33.6 Å². The number of fused-ring (bicyclic) bond motifs is 3. The SMILES string of the molecule is CCOC(=O)CC(c1ccc2c(c1)OCO2)n1ccc2cc(OCCc3ccc4c(n3)N(C(=O)O)CCC4)ccc21. The Labute approximate surface area is 237 Å². The van der Waals surface area contributed by atoms with Crippen LogP contribution in [-0.2, 0) is 22.4 Å². The van der Waals surface area contributed by atoms with E-state index in [0.717, 1.165) is 40.6 Å². The van der Waals surface area contributed by atoms with Gasteiger partial charge < -0.3 is 28.6 Å². The summed E-state index contributed by atoms with van der Waals surface area (Å²) in [7, 11) is 0. The monoisotopic (exact) mass is 557 g/mol. The van der Waals surface area contributed by atoms with Gasteiger partial charge in [-0.3, -0.25) is 9.69 Å². The molecule has 212 valence electrons. The van der Waals surface area contributed by atoms with Crippen LogP contribution in [0.1, 0.15) is 42.6 Å². The summed E-state index contributed by atoms with van der Waals surface area (Å²) in [6, 6.07) is 17.2. The van der Waals surface area contributed by atoms with Gasteiger partial charge >= 0.3 is 12.1 Å². The van der Waals surface area contributed by atoms with E-state index >= 15 is 0 Å². The number of carbonyl (C=O) groups excluding carboxylic acids is 1. The van der Waals surface area contributed by atoms with Gasteiger partial charge in [0.25, 0.3) is 0 Å². The predicted molar refractivity (Wildman–Crippen MR) is 151 cm³/mol. The number of aromatic nitrogens is 2. The van der Waals surface area contributed by atoms with Gasteiger partial charge in [0.2, 0.25) is 6.79 Å². The van der Waals surface area contributed by atoms with Crippen LogP contribution in [0.2, 0.25) is 0 Å². The van der Waals surface area contributed by atoms with Crippen LogP contribution in [-0.4, -0.2) is 53.3 Å². The van der Waals surface area contributed by atoms with Crippen molar-refractivity contribution in [3.8, 4) is 17.2 Å². The number of anilines is 1. The first kappa shape index (κ1) is 26.5. The van der Waals surface area contributed by atoms with Gasteiger partial charge in [-0.2, -0.15) is 0 Å². The van der Waals surface area contributed by atoms with Crippen molar-refractivity contribution in [1.29, 1.82) is 0 Å². The van der Waals surface area contributed by atoms with E-state index in [-0.39, 0.29) is 25.2 Å². The Bertz CT molecular complexity index is 1600. The lowest BCUT2D eigenvalue weighted by Gasteiger charge is -2.26. The number of carboxylic acid groups (broad SMARTS) is 1. The number of nitrogens with zero attached hydrogens (tertiary/aromatic N) is 3. The van der Waals surface area contributed by atoms with Crippen LogP contribution >= 0.6 is 0 Å². The van der Waals surface area contributed by atoms with E-state index in [4.69, 9.17) is 18.9 Å². The van der Waals surface area contributed by atoms with E-state index in [2.05, 4.69) is 9.55 Å². The lowest BCUT2D eigenvalue weighted by molar-refractivity contribution is -0.143. The van der Waals surface area contributed by atoms with Gasteiger partial charge in [0.15, 0.2) is 11.5 Å². The van der Waals surface area contributed by atoms with Crippen molar-refractivity contribution in [2.75, 3.05) is 31.5 Å². The molecular formula is C31H31N3O7. The number of carbonyl (C=O) groups is 2. The summed E-state index contributed by atoms with van der Waals surface area (Å²) in [5.41, 5.74) is 3.61. The molecular weight excluding hydrogens is 526 g/mol. The lowest BCUT2D eigenvalue weighted by atomic mass is 10.0. The highest BCUT2D eigenvalue weighted by atomic mass is 16.7. The molecule has 2 aliphatic heterocycles. The molecule has 2 aromatic heterocycles. The summed E-state index contributed by atoms with van der Waals surface area (Å²) in [6.07, 6.45) is 3.34. The number of esters is 1. The van der Waals surface area contributed by atoms with E-state index in [9.17, 15) is 14.7 Å². The smallest absolute Gasteiger partial charge is 0.413 e. The molecule has 0 aliphatic carbocycles. The molecule has 1 N–H and O–H groups in total. The topological polar surface area (TPSA) is 112 Å². The highest BCUT2D eigenvalue weighted by molar-refractivity contribution is 5.86. The van der Waals surface area contributed by atoms with Crippen LogP contribution in [0, 0.1) is 0 Å². The van der Waals surface area contributed by atoms with Crippen LogP contribution in [0.25, 0.3) is 10.9 Å². The van der Waals surface area contributed by atoms with Gasteiger partial charge in [0.05, 0.1) is 25.7 Å². The van der Waals surface area contributed by atoms with Crippen LogP contribution in [0.5, 0.6) is 17.2 Å². The Morgan fingerprint density at radius 3 is 2.80 bits per heavy atom. The average Bonchev–Trinajstić information content (AvgIpc) is 3.62. The van der Waals surface area contributed by atoms with Crippen LogP contribution in [0.4, 0.5) is 10.6 Å². The fourth-order valence-electron chi connectivity index (χ4n) is 5.46. The largest absolute Gasteiger partial charge is 0.493 e. The van der Waals surface area contributed by atoms with Crippen molar-refractivity contribution >= 4 is 28.8 Å². The first-order chi connectivity index (χ1) is 20.0. The van der Waals surface area contributed by atoms with Gasteiger partial charge in [-0.25, -0.2) is 9.78 Å². The molecule has 4 aromatic rings. The number of aryl methyl sites for hydroxylation is 1. The second kappa shape index (κ2) is 11.4. The standard InChI is InChI=1S/C31H31N3O7/c1-2-38-29(35)18-26(21-6-10-27-28(17-21)41-19-40-27)33-14-11-22-16-24(8-9-25(22)33)39-15-12-23-7-5-20-4-3-13-34(31(36)37)30(20)32-23/h5-11,14,16-17,26H,2-4,12-13,15,18-19H2,1H3,(H,36,37). The van der Waals surface area contributed by atoms with Gasteiger partial charge in [-0.15, -0.1) is 0 Å². The third kappa shape index (κ3) is 5.50. The molecule has 0 saturated carbocycles. The molecule has 1 unspecified atom stereocenters. The fourth-order valence-corrected chi connectivity index (χ4v) is 5.46. The second-order valence-electron chi connectivity index (χ2n) is 10.0. The Hall–Kier alpha value is -4.73. The summed E-state index contributed by atoms with van der Waals surface area (Å²) in [5, 5.41) is 10.5. The number of rotatable bonds is 9. The molecule has 0 fully saturated rings. The van der Waals surface area contributed by atoms with E-state index in [1.807, 2.05) is 60.8 Å². The van der Waals surface area contributed by atoms with E-state index in [1.54, 1.807) is 6.92 Å². The minimum atomic E-state index is -0.977. The van der Waals surface area contributed by atoms with Crippen molar-refractivity contribution in [3.63, 3.8) is 0 Å². The third-order valence-corrected chi connectivity index (χ3v) is 7.43. The zero-order valence-corrected chi connectivity index (χ0v) is 22.7. The van der Waals surface area contributed by atoms with Gasteiger partial charge in [-0.05, 0) is 73.4 Å². The van der Waals surface area contributed by atoms with Gasteiger partial charge in [-0.1, -0.05) is 12.1 Å². The van der Waals surface area contributed by atoms with Crippen molar-refractivity contribution in [1.82, 2.24) is 9.55 Å². The molecule has 4 heterocycles. The highest BCUT2D eigenvalue weighted by Gasteiger charge is 2.25. The summed E-state index contributed by atoms with van der Waals surface area (Å²) in [4.78, 5) is 30.1. The third-order valence-electron chi connectivity index (χ3n) is 7.43. The number of amides is 1. The Balaban J connectivity index is 1.19. The quantitative estimate of drug-likeness (QED) is 0.274. The average molecular weight is 558 g/mol. The molecule has 0 radical (unpaired) electrons. The maximum Gasteiger partial charge on any atom is 0.413 e. The van der Waals surface area contributed by atoms with E-state index < -0.39 is 6.09 Å². The molecule has 1 atom stereocenters. The number of hydrogen-bond acceptors (Lipinski definition) is 7. The van der Waals surface area contributed by atoms with Gasteiger partial charge in [0.1, 0.15) is 11.6 Å². The first-order valence-electron chi connectivity index (χ1n) is 13.8. The first-order valence-corrected chi connectivity index (χ1v) is 13.8. The summed E-state index contributed by atoms with van der Waals surface area (Å²) >= 11 is 0. The van der Waals surface area contributed by atoms with Crippen molar-refractivity contribution in [2.24, 2.45) is 0 Å². The minimum Gasteiger partial charge on any atom is -0.493 e. The highest BCUT2D eigenvalue weighted by Crippen LogP contribution is 2.37. The molecule has 10 nitrogen and oxygen atoms in total. The van der Waals surface area contributed by atoms with Crippen LogP contribution in [0.15, 0.2) is 60.8 Å². The normalized spacial score (nSPS) is 14.5. The molecule has 0 bridgehead atoms. The fraction of sp³-hybridized carbons (Fsp3) is 0.323. The van der Waals surface area contributed by atoms with E-state index in [0.29, 0.717) is 49.2 Å². The zero-order valence-electron chi connectivity index (χ0n) is 22.7.